The number of hydrogen-bond donors (Lipinski definition) is 1. The average Bonchev–Trinajstić information content (AvgIpc) is 2.95. The van der Waals surface area contributed by atoms with Gasteiger partial charge in [-0.15, -0.1) is 0 Å². The SMILES string of the molecule is CC(C)c1ccccc1C(Nc1c(C(C)C)cccc1C(C)C)C1=CC=CC(c2cccc3ccccc23)=[C+]1. The van der Waals surface area contributed by atoms with Gasteiger partial charge in [0.25, 0.3) is 0 Å². The largest absolute Gasteiger partial charge is 0.372 e. The zero-order valence-corrected chi connectivity index (χ0v) is 24.1. The molecule has 0 aliphatic heterocycles. The summed E-state index contributed by atoms with van der Waals surface area (Å²) in [5.41, 5.74) is 10.2. The number of fused-ring (bicyclic) bond motifs is 1. The van der Waals surface area contributed by atoms with Crippen molar-refractivity contribution >= 4 is 22.0 Å². The van der Waals surface area contributed by atoms with Crippen LogP contribution in [-0.4, -0.2) is 0 Å². The Balaban J connectivity index is 1.68. The molecule has 0 radical (unpaired) electrons. The summed E-state index contributed by atoms with van der Waals surface area (Å²) >= 11 is 0. The summed E-state index contributed by atoms with van der Waals surface area (Å²) in [5, 5.41) is 6.60. The lowest BCUT2D eigenvalue weighted by atomic mass is 9.85. The van der Waals surface area contributed by atoms with Gasteiger partial charge in [-0.2, -0.15) is 0 Å². The van der Waals surface area contributed by atoms with Gasteiger partial charge in [0.1, 0.15) is 11.6 Å². The Morgan fingerprint density at radius 2 is 1.15 bits per heavy atom. The van der Waals surface area contributed by atoms with Crippen LogP contribution in [0.15, 0.2) is 109 Å². The minimum atomic E-state index is -0.0315. The lowest BCUT2D eigenvalue weighted by Crippen LogP contribution is -2.19. The summed E-state index contributed by atoms with van der Waals surface area (Å²) in [6.45, 7) is 13.7. The van der Waals surface area contributed by atoms with Crippen LogP contribution in [0.1, 0.15) is 93.2 Å². The first kappa shape index (κ1) is 26.7. The molecule has 196 valence electrons. The minimum Gasteiger partial charge on any atom is -0.372 e. The maximum absolute atomic E-state index is 4.09. The molecule has 1 unspecified atom stereocenters. The molecule has 39 heavy (non-hydrogen) atoms. The Hall–Kier alpha value is -3.93. The quantitative estimate of drug-likeness (QED) is 0.232. The van der Waals surface area contributed by atoms with Crippen LogP contribution in [0.25, 0.3) is 16.3 Å². The molecule has 0 spiro atoms. The molecule has 0 amide bonds. The molecule has 1 nitrogen and oxygen atoms in total. The second kappa shape index (κ2) is 11.4. The second-order valence-corrected chi connectivity index (χ2v) is 11.5. The number of hydrogen-bond acceptors (Lipinski definition) is 1. The van der Waals surface area contributed by atoms with Gasteiger partial charge in [0.05, 0.1) is 5.56 Å². The Kier molecular flexibility index (Phi) is 7.82. The third-order valence-electron chi connectivity index (χ3n) is 7.80. The molecule has 4 aromatic carbocycles. The van der Waals surface area contributed by atoms with Crippen LogP contribution < -0.4 is 5.32 Å². The summed E-state index contributed by atoms with van der Waals surface area (Å²) in [6, 6.07) is 30.8. The summed E-state index contributed by atoms with van der Waals surface area (Å²) in [7, 11) is 0. The van der Waals surface area contributed by atoms with E-state index in [1.807, 2.05) is 0 Å². The first-order valence-electron chi connectivity index (χ1n) is 14.3. The van der Waals surface area contributed by atoms with Crippen LogP contribution >= 0.6 is 0 Å². The highest BCUT2D eigenvalue weighted by atomic mass is 14.9. The molecule has 0 saturated heterocycles. The highest BCUT2D eigenvalue weighted by molar-refractivity contribution is 5.96. The van der Waals surface area contributed by atoms with Crippen molar-refractivity contribution in [1.29, 1.82) is 0 Å². The Labute approximate surface area is 235 Å². The predicted octanol–water partition coefficient (Wildman–Crippen LogP) is 10.7. The molecule has 4 aromatic rings. The maximum Gasteiger partial charge on any atom is 0.156 e. The van der Waals surface area contributed by atoms with Gasteiger partial charge in [0.15, 0.2) is 5.57 Å². The number of allylic oxidation sites excluding steroid dienone is 4. The minimum absolute atomic E-state index is 0.0315. The molecule has 5 rings (SSSR count). The van der Waals surface area contributed by atoms with Crippen molar-refractivity contribution in [2.45, 2.75) is 65.3 Å². The Morgan fingerprint density at radius 1 is 0.590 bits per heavy atom. The summed E-state index contributed by atoms with van der Waals surface area (Å²) in [4.78, 5) is 0. The van der Waals surface area contributed by atoms with Crippen molar-refractivity contribution in [3.8, 4) is 0 Å². The van der Waals surface area contributed by atoms with E-state index in [0.29, 0.717) is 17.8 Å². The summed E-state index contributed by atoms with van der Waals surface area (Å²) in [5.74, 6) is 1.24. The van der Waals surface area contributed by atoms with Gasteiger partial charge in [-0.25, -0.2) is 0 Å². The normalized spacial score (nSPS) is 14.0. The molecular formula is C38H40N+. The molecule has 0 heterocycles. The molecule has 1 aliphatic rings. The van der Waals surface area contributed by atoms with E-state index < -0.39 is 0 Å². The van der Waals surface area contributed by atoms with Gasteiger partial charge < -0.3 is 5.32 Å². The van der Waals surface area contributed by atoms with Gasteiger partial charge in [-0.3, -0.25) is 0 Å². The topological polar surface area (TPSA) is 12.0 Å². The summed E-state index contributed by atoms with van der Waals surface area (Å²) < 4.78 is 0. The van der Waals surface area contributed by atoms with E-state index in [1.165, 1.54) is 44.3 Å². The molecular weight excluding hydrogens is 470 g/mol. The molecule has 0 bridgehead atoms. The van der Waals surface area contributed by atoms with Crippen LogP contribution in [0.2, 0.25) is 0 Å². The number of anilines is 1. The molecule has 1 heteroatoms. The predicted molar refractivity (Wildman–Crippen MR) is 169 cm³/mol. The first-order valence-corrected chi connectivity index (χ1v) is 14.3. The van der Waals surface area contributed by atoms with Crippen molar-refractivity contribution in [1.82, 2.24) is 0 Å². The van der Waals surface area contributed by atoms with Gasteiger partial charge >= 0.3 is 0 Å². The van der Waals surface area contributed by atoms with Crippen molar-refractivity contribution < 1.29 is 0 Å². The number of rotatable bonds is 8. The molecule has 0 saturated carbocycles. The van der Waals surface area contributed by atoms with Gasteiger partial charge in [-0.1, -0.05) is 114 Å². The van der Waals surface area contributed by atoms with E-state index in [9.17, 15) is 0 Å². The highest BCUT2D eigenvalue weighted by Crippen LogP contribution is 2.40. The fourth-order valence-electron chi connectivity index (χ4n) is 5.76. The molecule has 1 N–H and O–H groups in total. The van der Waals surface area contributed by atoms with Crippen LogP contribution in [0.4, 0.5) is 5.69 Å². The number of benzene rings is 4. The second-order valence-electron chi connectivity index (χ2n) is 11.5. The molecule has 1 aliphatic carbocycles. The number of nitrogens with one attached hydrogen (secondary N) is 1. The van der Waals surface area contributed by atoms with Crippen LogP contribution in [-0.2, 0) is 0 Å². The molecule has 0 aromatic heterocycles. The summed E-state index contributed by atoms with van der Waals surface area (Å²) in [6.07, 6.45) is 10.5. The lowest BCUT2D eigenvalue weighted by Gasteiger charge is -2.28. The van der Waals surface area contributed by atoms with E-state index in [1.54, 1.807) is 0 Å². The van der Waals surface area contributed by atoms with E-state index in [0.717, 1.165) is 11.1 Å². The monoisotopic (exact) mass is 510 g/mol. The first-order chi connectivity index (χ1) is 18.8. The zero-order valence-electron chi connectivity index (χ0n) is 24.1. The van der Waals surface area contributed by atoms with Crippen molar-refractivity contribution in [3.63, 3.8) is 0 Å². The van der Waals surface area contributed by atoms with Crippen LogP contribution in [0.5, 0.6) is 0 Å². The molecule has 0 fully saturated rings. The third-order valence-corrected chi connectivity index (χ3v) is 7.80. The number of para-hydroxylation sites is 1. The zero-order chi connectivity index (χ0) is 27.5. The maximum atomic E-state index is 4.09. The van der Waals surface area contributed by atoms with Crippen LogP contribution in [0.3, 0.4) is 0 Å². The average molecular weight is 511 g/mol. The van der Waals surface area contributed by atoms with E-state index >= 15 is 0 Å². The van der Waals surface area contributed by atoms with Gasteiger partial charge in [-0.05, 0) is 57.5 Å². The fraction of sp³-hybridized carbons (Fsp3) is 0.263. The van der Waals surface area contributed by atoms with Crippen molar-refractivity contribution in [2.75, 3.05) is 5.32 Å². The lowest BCUT2D eigenvalue weighted by molar-refractivity contribution is 0.798. The fourth-order valence-corrected chi connectivity index (χ4v) is 5.76. The Bertz CT molecular complexity index is 1530. The van der Waals surface area contributed by atoms with Crippen molar-refractivity contribution in [2.24, 2.45) is 0 Å². The standard InChI is InChI=1S/C38H40N/c1-25(2)31-18-9-10-20-36(31)37(39-38-32(26(3)4)21-13-22-33(38)27(5)6)30-17-11-16-29(24-30)35-23-12-15-28-14-7-8-19-34(28)35/h7-23,25-27,37,39H,1-6H3/q+1. The van der Waals surface area contributed by atoms with E-state index in [-0.39, 0.29) is 6.04 Å². The van der Waals surface area contributed by atoms with Gasteiger partial charge in [0, 0.05) is 35.4 Å². The van der Waals surface area contributed by atoms with Gasteiger partial charge in [0.2, 0.25) is 0 Å². The van der Waals surface area contributed by atoms with E-state index in [2.05, 4.69) is 156 Å². The smallest absolute Gasteiger partial charge is 0.156 e. The van der Waals surface area contributed by atoms with Crippen molar-refractivity contribution in [3.05, 3.63) is 143 Å². The highest BCUT2D eigenvalue weighted by Gasteiger charge is 2.28. The Morgan fingerprint density at radius 3 is 1.85 bits per heavy atom. The third kappa shape index (κ3) is 5.47. The van der Waals surface area contributed by atoms with E-state index in [4.69, 9.17) is 0 Å². The molecule has 1 atom stereocenters. The van der Waals surface area contributed by atoms with Crippen LogP contribution in [0, 0.1) is 6.08 Å².